The number of ether oxygens (including phenoxy) is 1. The van der Waals surface area contributed by atoms with Crippen LogP contribution in [0.15, 0.2) is 15.9 Å². The van der Waals surface area contributed by atoms with Crippen molar-refractivity contribution in [3.8, 4) is 0 Å². The van der Waals surface area contributed by atoms with Gasteiger partial charge < -0.3 is 9.64 Å². The summed E-state index contributed by atoms with van der Waals surface area (Å²) in [5, 5.41) is 1.98. The Kier molecular flexibility index (Phi) is 4.30. The normalized spacial score (nSPS) is 15.9. The highest BCUT2D eigenvalue weighted by molar-refractivity contribution is 9.10. The molecule has 0 spiro atoms. The lowest BCUT2D eigenvalue weighted by molar-refractivity contribution is -0.157. The van der Waals surface area contributed by atoms with Crippen LogP contribution in [0.5, 0.6) is 0 Å². The monoisotopic (exact) mass is 345 g/mol. The van der Waals surface area contributed by atoms with Gasteiger partial charge in [0.2, 0.25) is 5.91 Å². The Balaban J connectivity index is 2.01. The number of esters is 1. The molecule has 1 amide bonds. The first-order valence-corrected chi connectivity index (χ1v) is 7.82. The van der Waals surface area contributed by atoms with Gasteiger partial charge in [0.05, 0.1) is 13.2 Å². The third-order valence-corrected chi connectivity index (χ3v) is 4.87. The minimum atomic E-state index is -0.904. The Hall–Kier alpha value is -0.880. The van der Waals surface area contributed by atoms with E-state index in [4.69, 9.17) is 4.74 Å². The topological polar surface area (TPSA) is 46.6 Å². The van der Waals surface area contributed by atoms with Gasteiger partial charge in [0, 0.05) is 21.8 Å². The van der Waals surface area contributed by atoms with Crippen molar-refractivity contribution in [2.24, 2.45) is 5.41 Å². The van der Waals surface area contributed by atoms with Crippen LogP contribution >= 0.6 is 27.3 Å². The lowest BCUT2D eigenvalue weighted by atomic mass is 10.1. The Morgan fingerprint density at radius 3 is 2.68 bits per heavy atom. The third kappa shape index (κ3) is 3.00. The summed E-state index contributed by atoms with van der Waals surface area (Å²) in [4.78, 5) is 26.9. The summed E-state index contributed by atoms with van der Waals surface area (Å²) >= 11 is 4.98. The number of hydrogen-bond acceptors (Lipinski definition) is 4. The summed E-state index contributed by atoms with van der Waals surface area (Å²) < 4.78 is 6.02. The van der Waals surface area contributed by atoms with E-state index in [1.54, 1.807) is 30.2 Å². The fraction of sp³-hybridized carbons (Fsp3) is 0.538. The van der Waals surface area contributed by atoms with Crippen molar-refractivity contribution < 1.29 is 14.3 Å². The number of nitrogens with zero attached hydrogens (tertiary/aromatic N) is 1. The number of hydrogen-bond donors (Lipinski definition) is 0. The van der Waals surface area contributed by atoms with Crippen LogP contribution in [0, 0.1) is 5.41 Å². The summed E-state index contributed by atoms with van der Waals surface area (Å²) in [5.74, 6) is -0.505. The summed E-state index contributed by atoms with van der Waals surface area (Å²) in [7, 11) is 1.73. The zero-order valence-corrected chi connectivity index (χ0v) is 13.3. The van der Waals surface area contributed by atoms with Gasteiger partial charge in [-0.25, -0.2) is 0 Å². The van der Waals surface area contributed by atoms with Crippen molar-refractivity contribution in [1.29, 1.82) is 0 Å². The van der Waals surface area contributed by atoms with E-state index >= 15 is 0 Å². The van der Waals surface area contributed by atoms with Gasteiger partial charge in [0.25, 0.3) is 0 Å². The van der Waals surface area contributed by atoms with E-state index in [1.807, 2.05) is 11.4 Å². The molecular formula is C13H16BrNO3S. The quantitative estimate of drug-likeness (QED) is 0.608. The molecule has 1 aliphatic carbocycles. The summed E-state index contributed by atoms with van der Waals surface area (Å²) in [6.45, 7) is 2.59. The van der Waals surface area contributed by atoms with Crippen LogP contribution in [0.1, 0.15) is 24.6 Å². The van der Waals surface area contributed by atoms with Crippen LogP contribution in [0.4, 0.5) is 0 Å². The van der Waals surface area contributed by atoms with Crippen molar-refractivity contribution in [3.63, 3.8) is 0 Å². The molecule has 0 unspecified atom stereocenters. The minimum absolute atomic E-state index is 0.129. The first kappa shape index (κ1) is 14.5. The van der Waals surface area contributed by atoms with Crippen molar-refractivity contribution >= 4 is 39.1 Å². The molecular weight excluding hydrogens is 330 g/mol. The highest BCUT2D eigenvalue weighted by Crippen LogP contribution is 2.48. The van der Waals surface area contributed by atoms with Crippen LogP contribution in [0.2, 0.25) is 0 Å². The fourth-order valence-electron chi connectivity index (χ4n) is 2.01. The van der Waals surface area contributed by atoms with Crippen molar-refractivity contribution in [1.82, 2.24) is 4.90 Å². The number of thiophene rings is 1. The second-order valence-corrected chi connectivity index (χ2v) is 6.61. The molecule has 1 heterocycles. The maximum atomic E-state index is 12.4. The van der Waals surface area contributed by atoms with Gasteiger partial charge in [-0.1, -0.05) is 0 Å². The van der Waals surface area contributed by atoms with E-state index < -0.39 is 5.41 Å². The highest BCUT2D eigenvalue weighted by atomic mass is 79.9. The number of halogens is 1. The maximum Gasteiger partial charge on any atom is 0.321 e. The Morgan fingerprint density at radius 1 is 1.53 bits per heavy atom. The molecule has 0 N–H and O–H groups in total. The molecule has 0 radical (unpaired) electrons. The maximum absolute atomic E-state index is 12.4. The third-order valence-electron chi connectivity index (χ3n) is 3.19. The summed E-state index contributed by atoms with van der Waals surface area (Å²) in [6.07, 6.45) is 1.20. The number of carbonyl (C=O) groups excluding carboxylic acids is 2. The molecule has 0 aromatic carbocycles. The van der Waals surface area contributed by atoms with Crippen LogP contribution in [-0.4, -0.2) is 30.4 Å². The Bertz CT molecular complexity index is 496. The first-order chi connectivity index (χ1) is 8.99. The van der Waals surface area contributed by atoms with E-state index in [-0.39, 0.29) is 11.9 Å². The van der Waals surface area contributed by atoms with Crippen molar-refractivity contribution in [2.45, 2.75) is 26.3 Å². The number of rotatable bonds is 5. The van der Waals surface area contributed by atoms with Gasteiger partial charge in [0.1, 0.15) is 5.41 Å². The molecule has 4 nitrogen and oxygen atoms in total. The van der Waals surface area contributed by atoms with Gasteiger partial charge in [0.15, 0.2) is 0 Å². The Labute approximate surface area is 124 Å². The zero-order valence-electron chi connectivity index (χ0n) is 10.9. The lowest BCUT2D eigenvalue weighted by Crippen LogP contribution is -2.38. The average Bonchev–Trinajstić information content (AvgIpc) is 3.08. The van der Waals surface area contributed by atoms with Gasteiger partial charge in [-0.2, -0.15) is 0 Å². The van der Waals surface area contributed by atoms with E-state index in [1.165, 1.54) is 0 Å². The molecule has 0 aliphatic heterocycles. The second kappa shape index (κ2) is 5.63. The summed E-state index contributed by atoms with van der Waals surface area (Å²) in [6, 6.07) is 1.98. The molecule has 1 aromatic heterocycles. The molecule has 0 bridgehead atoms. The molecule has 1 aliphatic rings. The van der Waals surface area contributed by atoms with Crippen LogP contribution < -0.4 is 0 Å². The predicted molar refractivity (Wildman–Crippen MR) is 76.8 cm³/mol. The molecule has 2 rings (SSSR count). The van der Waals surface area contributed by atoms with Crippen molar-refractivity contribution in [3.05, 3.63) is 20.8 Å². The first-order valence-electron chi connectivity index (χ1n) is 6.15. The molecule has 1 fully saturated rings. The molecule has 104 valence electrons. The fourth-order valence-corrected chi connectivity index (χ4v) is 3.51. The van der Waals surface area contributed by atoms with E-state index in [2.05, 4.69) is 15.9 Å². The van der Waals surface area contributed by atoms with Crippen molar-refractivity contribution in [2.75, 3.05) is 13.7 Å². The van der Waals surface area contributed by atoms with E-state index in [9.17, 15) is 9.59 Å². The molecule has 19 heavy (non-hydrogen) atoms. The van der Waals surface area contributed by atoms with Gasteiger partial charge in [-0.15, -0.1) is 11.3 Å². The van der Waals surface area contributed by atoms with Crippen LogP contribution in [0.3, 0.4) is 0 Å². The van der Waals surface area contributed by atoms with Crippen LogP contribution in [0.25, 0.3) is 0 Å². The molecule has 0 saturated heterocycles. The number of carbonyl (C=O) groups is 2. The number of amides is 1. The molecule has 6 heteroatoms. The molecule has 1 saturated carbocycles. The highest BCUT2D eigenvalue weighted by Gasteiger charge is 2.59. The Morgan fingerprint density at radius 2 is 2.21 bits per heavy atom. The standard InChI is InChI=1S/C13H16BrNO3S/c1-3-18-12(17)13(4-5-13)11(16)15(2)7-10-6-9(14)8-19-10/h6,8H,3-5,7H2,1-2H3. The second-order valence-electron chi connectivity index (χ2n) is 4.70. The van der Waals surface area contributed by atoms with Gasteiger partial charge in [-0.3, -0.25) is 9.59 Å². The van der Waals surface area contributed by atoms with Crippen LogP contribution in [-0.2, 0) is 20.9 Å². The SMILES string of the molecule is CCOC(=O)C1(C(=O)N(C)Cc2cc(Br)cs2)CC1. The molecule has 1 aromatic rings. The predicted octanol–water partition coefficient (Wildman–Crippen LogP) is 2.81. The van der Waals surface area contributed by atoms with Gasteiger partial charge >= 0.3 is 5.97 Å². The van der Waals surface area contributed by atoms with Gasteiger partial charge in [-0.05, 0) is 41.8 Å². The lowest BCUT2D eigenvalue weighted by Gasteiger charge is -2.21. The van der Waals surface area contributed by atoms with E-state index in [0.29, 0.717) is 26.0 Å². The summed E-state index contributed by atoms with van der Waals surface area (Å²) in [5.41, 5.74) is -0.904. The zero-order chi connectivity index (χ0) is 14.0. The smallest absolute Gasteiger partial charge is 0.321 e. The molecule has 0 atom stereocenters. The van der Waals surface area contributed by atoms with E-state index in [0.717, 1.165) is 9.35 Å². The largest absolute Gasteiger partial charge is 0.465 e. The average molecular weight is 346 g/mol. The minimum Gasteiger partial charge on any atom is -0.465 e.